The normalized spacial score (nSPS) is 30.7. The van der Waals surface area contributed by atoms with E-state index in [0.29, 0.717) is 5.92 Å². The number of amides is 1. The van der Waals surface area contributed by atoms with Crippen LogP contribution >= 0.6 is 11.6 Å². The van der Waals surface area contributed by atoms with E-state index >= 15 is 0 Å². The van der Waals surface area contributed by atoms with Gasteiger partial charge in [-0.1, -0.05) is 38.5 Å². The van der Waals surface area contributed by atoms with Crippen molar-refractivity contribution in [3.05, 3.63) is 0 Å². The molecule has 0 aliphatic heterocycles. The molecule has 0 saturated heterocycles. The number of rotatable bonds is 3. The first-order chi connectivity index (χ1) is 8.75. The van der Waals surface area contributed by atoms with Gasteiger partial charge in [0.05, 0.1) is 5.38 Å². The van der Waals surface area contributed by atoms with E-state index in [9.17, 15) is 4.79 Å². The third-order valence-corrected chi connectivity index (χ3v) is 5.00. The van der Waals surface area contributed by atoms with Crippen LogP contribution < -0.4 is 5.32 Å². The van der Waals surface area contributed by atoms with Gasteiger partial charge in [0.1, 0.15) is 0 Å². The zero-order chi connectivity index (χ0) is 12.8. The summed E-state index contributed by atoms with van der Waals surface area (Å²) in [5.74, 6) is 0.859. The van der Waals surface area contributed by atoms with Crippen molar-refractivity contribution in [3.8, 4) is 0 Å². The van der Waals surface area contributed by atoms with E-state index in [0.717, 1.165) is 19.3 Å². The fourth-order valence-electron chi connectivity index (χ4n) is 3.34. The molecule has 0 spiro atoms. The van der Waals surface area contributed by atoms with Crippen molar-refractivity contribution in [2.75, 3.05) is 0 Å². The minimum atomic E-state index is 0.141. The molecule has 2 rings (SSSR count). The maximum Gasteiger partial charge on any atom is 0.220 e. The van der Waals surface area contributed by atoms with E-state index in [-0.39, 0.29) is 17.3 Å². The van der Waals surface area contributed by atoms with Crippen LogP contribution in [0.3, 0.4) is 0 Å². The van der Waals surface area contributed by atoms with Crippen LogP contribution in [0.2, 0.25) is 0 Å². The molecule has 2 nitrogen and oxygen atoms in total. The Bertz CT molecular complexity index is 263. The lowest BCUT2D eigenvalue weighted by molar-refractivity contribution is -0.123. The molecule has 2 unspecified atom stereocenters. The third kappa shape index (κ3) is 4.46. The first-order valence-corrected chi connectivity index (χ1v) is 8.13. The molecule has 3 heteroatoms. The number of carbonyl (C=O) groups excluding carboxylic acids is 1. The van der Waals surface area contributed by atoms with E-state index in [1.54, 1.807) is 0 Å². The zero-order valence-electron chi connectivity index (χ0n) is 11.3. The molecule has 1 N–H and O–H groups in total. The van der Waals surface area contributed by atoms with Crippen molar-refractivity contribution >= 4 is 17.5 Å². The topological polar surface area (TPSA) is 29.1 Å². The lowest BCUT2D eigenvalue weighted by atomic mass is 9.87. The third-order valence-electron chi connectivity index (χ3n) is 4.48. The second-order valence-corrected chi connectivity index (χ2v) is 6.60. The summed E-state index contributed by atoms with van der Waals surface area (Å²) in [4.78, 5) is 12.1. The number of hydrogen-bond acceptors (Lipinski definition) is 1. The van der Waals surface area contributed by atoms with Crippen molar-refractivity contribution in [2.45, 2.75) is 82.0 Å². The smallest absolute Gasteiger partial charge is 0.220 e. The van der Waals surface area contributed by atoms with E-state index in [2.05, 4.69) is 5.32 Å². The maximum absolute atomic E-state index is 12.1. The molecular formula is C15H26ClNO. The highest BCUT2D eigenvalue weighted by Gasteiger charge is 2.24. The zero-order valence-corrected chi connectivity index (χ0v) is 12.1. The second kappa shape index (κ2) is 7.37. The molecule has 0 heterocycles. The number of halogens is 1. The maximum atomic E-state index is 12.1. The van der Waals surface area contributed by atoms with Gasteiger partial charge in [-0.25, -0.2) is 0 Å². The summed E-state index contributed by atoms with van der Waals surface area (Å²) in [6.07, 6.45) is 13.0. The summed E-state index contributed by atoms with van der Waals surface area (Å²) >= 11 is 6.36. The molecule has 2 atom stereocenters. The number of nitrogens with one attached hydrogen (secondary N) is 1. The summed E-state index contributed by atoms with van der Waals surface area (Å²) < 4.78 is 0. The van der Waals surface area contributed by atoms with Crippen LogP contribution in [0.1, 0.15) is 70.6 Å². The Morgan fingerprint density at radius 1 is 0.944 bits per heavy atom. The van der Waals surface area contributed by atoms with Gasteiger partial charge in [-0.2, -0.15) is 0 Å². The summed E-state index contributed by atoms with van der Waals surface area (Å²) in [5, 5.41) is 3.33. The molecule has 2 saturated carbocycles. The quantitative estimate of drug-likeness (QED) is 0.610. The number of carbonyl (C=O) groups is 1. The van der Waals surface area contributed by atoms with Crippen molar-refractivity contribution in [1.29, 1.82) is 0 Å². The fourth-order valence-corrected chi connectivity index (χ4v) is 3.69. The number of alkyl halides is 1. The van der Waals surface area contributed by atoms with Crippen molar-refractivity contribution in [3.63, 3.8) is 0 Å². The van der Waals surface area contributed by atoms with Crippen molar-refractivity contribution in [1.82, 2.24) is 5.32 Å². The molecule has 0 aromatic heterocycles. The fraction of sp³-hybridized carbons (Fsp3) is 0.933. The van der Waals surface area contributed by atoms with Gasteiger partial charge in [0.15, 0.2) is 0 Å². The van der Waals surface area contributed by atoms with Gasteiger partial charge in [0.2, 0.25) is 5.91 Å². The van der Waals surface area contributed by atoms with Crippen LogP contribution in [0.4, 0.5) is 0 Å². The van der Waals surface area contributed by atoms with Crippen LogP contribution in [0, 0.1) is 5.92 Å². The Morgan fingerprint density at radius 2 is 1.56 bits per heavy atom. The first kappa shape index (κ1) is 14.2. The van der Waals surface area contributed by atoms with E-state index < -0.39 is 0 Å². The molecular weight excluding hydrogens is 246 g/mol. The van der Waals surface area contributed by atoms with Crippen LogP contribution in [0.25, 0.3) is 0 Å². The molecule has 104 valence electrons. The first-order valence-electron chi connectivity index (χ1n) is 7.69. The minimum Gasteiger partial charge on any atom is -0.352 e. The monoisotopic (exact) mass is 271 g/mol. The van der Waals surface area contributed by atoms with Crippen LogP contribution in [-0.4, -0.2) is 17.3 Å². The average molecular weight is 272 g/mol. The van der Waals surface area contributed by atoms with Gasteiger partial charge in [-0.05, 0) is 31.6 Å². The highest BCUT2D eigenvalue weighted by Crippen LogP contribution is 2.27. The second-order valence-electron chi connectivity index (χ2n) is 6.04. The summed E-state index contributed by atoms with van der Waals surface area (Å²) in [6.45, 7) is 0. The molecule has 0 aromatic carbocycles. The van der Waals surface area contributed by atoms with Crippen LogP contribution in [0.15, 0.2) is 0 Å². The van der Waals surface area contributed by atoms with Crippen molar-refractivity contribution < 1.29 is 4.79 Å². The summed E-state index contributed by atoms with van der Waals surface area (Å²) in [7, 11) is 0. The average Bonchev–Trinajstić information content (AvgIpc) is 2.56. The van der Waals surface area contributed by atoms with Gasteiger partial charge >= 0.3 is 0 Å². The van der Waals surface area contributed by atoms with Gasteiger partial charge in [0, 0.05) is 12.5 Å². The highest BCUT2D eigenvalue weighted by atomic mass is 35.5. The standard InChI is InChI=1S/C15H26ClNO/c16-13-9-5-2-6-10-14(13)17-15(18)11-12-7-3-1-4-8-12/h12-14H,1-11H2,(H,17,18). The predicted octanol–water partition coefficient (Wildman–Crippen LogP) is 4.01. The molecule has 0 aromatic rings. The molecule has 2 aliphatic rings. The minimum absolute atomic E-state index is 0.141. The summed E-state index contributed by atoms with van der Waals surface area (Å²) in [6, 6.07) is 0.213. The number of hydrogen-bond donors (Lipinski definition) is 1. The van der Waals surface area contributed by atoms with Gasteiger partial charge < -0.3 is 5.32 Å². The van der Waals surface area contributed by atoms with Crippen molar-refractivity contribution in [2.24, 2.45) is 5.92 Å². The lowest BCUT2D eigenvalue weighted by Gasteiger charge is -2.24. The Hall–Kier alpha value is -0.240. The molecule has 0 radical (unpaired) electrons. The Labute approximate surface area is 116 Å². The lowest BCUT2D eigenvalue weighted by Crippen LogP contribution is -2.41. The van der Waals surface area contributed by atoms with Crippen LogP contribution in [0.5, 0.6) is 0 Å². The molecule has 0 bridgehead atoms. The van der Waals surface area contributed by atoms with Gasteiger partial charge in [-0.3, -0.25) is 4.79 Å². The predicted molar refractivity (Wildman–Crippen MR) is 75.8 cm³/mol. The Balaban J connectivity index is 1.74. The summed E-state index contributed by atoms with van der Waals surface area (Å²) in [5.41, 5.74) is 0. The molecule has 2 fully saturated rings. The van der Waals surface area contributed by atoms with E-state index in [1.165, 1.54) is 51.4 Å². The largest absolute Gasteiger partial charge is 0.352 e. The molecule has 1 amide bonds. The van der Waals surface area contributed by atoms with Gasteiger partial charge in [0.25, 0.3) is 0 Å². The highest BCUT2D eigenvalue weighted by molar-refractivity contribution is 6.21. The Morgan fingerprint density at radius 3 is 2.28 bits per heavy atom. The van der Waals surface area contributed by atoms with Crippen LogP contribution in [-0.2, 0) is 4.79 Å². The van der Waals surface area contributed by atoms with Gasteiger partial charge in [-0.15, -0.1) is 11.6 Å². The Kier molecular flexibility index (Phi) is 5.81. The molecule has 2 aliphatic carbocycles. The van der Waals surface area contributed by atoms with E-state index in [4.69, 9.17) is 11.6 Å². The van der Waals surface area contributed by atoms with E-state index in [1.807, 2.05) is 0 Å². The SMILES string of the molecule is O=C(CC1CCCCC1)NC1CCCCCC1Cl. The molecule has 18 heavy (non-hydrogen) atoms.